The van der Waals surface area contributed by atoms with E-state index in [9.17, 15) is 0 Å². The summed E-state index contributed by atoms with van der Waals surface area (Å²) in [5.74, 6) is 0. The Morgan fingerprint density at radius 3 is 2.12 bits per heavy atom. The molecule has 24 heavy (non-hydrogen) atoms. The number of likely N-dealkylation sites (tertiary alicyclic amines) is 1. The smallest absolute Gasteiger partial charge is 0.0233 e. The monoisotopic (exact) mass is 322 g/mol. The number of benzene rings is 2. The van der Waals surface area contributed by atoms with Crippen molar-refractivity contribution in [3.8, 4) is 0 Å². The van der Waals surface area contributed by atoms with Crippen LogP contribution in [0.5, 0.6) is 0 Å². The molecule has 1 N–H and O–H groups in total. The summed E-state index contributed by atoms with van der Waals surface area (Å²) in [5.41, 5.74) is 8.34. The molecule has 1 fully saturated rings. The average molecular weight is 322 g/mol. The van der Waals surface area contributed by atoms with Crippen LogP contribution in [-0.4, -0.2) is 18.0 Å². The normalized spacial score (nSPS) is 15.1. The molecule has 0 aromatic heterocycles. The molecule has 2 aromatic rings. The second-order valence-electron chi connectivity index (χ2n) is 7.27. The Morgan fingerprint density at radius 1 is 0.792 bits per heavy atom. The van der Waals surface area contributed by atoms with E-state index in [1.807, 2.05) is 0 Å². The third kappa shape index (κ3) is 4.46. The summed E-state index contributed by atoms with van der Waals surface area (Å²) < 4.78 is 0. The molecule has 1 saturated heterocycles. The molecule has 0 saturated carbocycles. The summed E-state index contributed by atoms with van der Waals surface area (Å²) in [7, 11) is 0. The number of aryl methyl sites for hydroxylation is 3. The van der Waals surface area contributed by atoms with Crippen LogP contribution < -0.4 is 5.32 Å². The van der Waals surface area contributed by atoms with Gasteiger partial charge in [-0.25, -0.2) is 0 Å². The number of nitrogens with zero attached hydrogens (tertiary/aromatic N) is 1. The van der Waals surface area contributed by atoms with Gasteiger partial charge in [0.2, 0.25) is 0 Å². The summed E-state index contributed by atoms with van der Waals surface area (Å²) in [4.78, 5) is 2.55. The van der Waals surface area contributed by atoms with E-state index in [4.69, 9.17) is 0 Å². The van der Waals surface area contributed by atoms with Crippen molar-refractivity contribution in [3.63, 3.8) is 0 Å². The fraction of sp³-hybridized carbons (Fsp3) is 0.455. The van der Waals surface area contributed by atoms with Gasteiger partial charge in [0.05, 0.1) is 0 Å². The minimum Gasteiger partial charge on any atom is -0.309 e. The molecule has 3 rings (SSSR count). The maximum atomic E-state index is 3.59. The molecule has 1 aliphatic heterocycles. The molecule has 0 aliphatic carbocycles. The molecule has 0 spiro atoms. The molecule has 2 heteroatoms. The zero-order valence-corrected chi connectivity index (χ0v) is 15.4. The second-order valence-corrected chi connectivity index (χ2v) is 7.27. The predicted molar refractivity (Wildman–Crippen MR) is 102 cm³/mol. The Kier molecular flexibility index (Phi) is 5.70. The van der Waals surface area contributed by atoms with Gasteiger partial charge in [0.25, 0.3) is 0 Å². The highest BCUT2D eigenvalue weighted by atomic mass is 15.1. The number of hydrogen-bond donors (Lipinski definition) is 1. The number of hydrogen-bond acceptors (Lipinski definition) is 2. The van der Waals surface area contributed by atoms with Crippen LogP contribution >= 0.6 is 0 Å². The van der Waals surface area contributed by atoms with Crippen LogP contribution in [0.25, 0.3) is 0 Å². The molecular formula is C22H30N2. The highest BCUT2D eigenvalue weighted by Gasteiger charge is 2.11. The van der Waals surface area contributed by atoms with Gasteiger partial charge in [-0.15, -0.1) is 0 Å². The SMILES string of the molecule is Cc1cc(C)c(CNCc2ccc(CN3CCCC3)cc2)cc1C. The average Bonchev–Trinajstić information content (AvgIpc) is 3.07. The molecule has 0 bridgehead atoms. The summed E-state index contributed by atoms with van der Waals surface area (Å²) in [6, 6.07) is 13.7. The molecule has 2 nitrogen and oxygen atoms in total. The van der Waals surface area contributed by atoms with Crippen molar-refractivity contribution < 1.29 is 0 Å². The lowest BCUT2D eigenvalue weighted by Crippen LogP contribution is -2.18. The van der Waals surface area contributed by atoms with E-state index in [-0.39, 0.29) is 0 Å². The Balaban J connectivity index is 1.50. The Hall–Kier alpha value is -1.64. The van der Waals surface area contributed by atoms with Crippen molar-refractivity contribution >= 4 is 0 Å². The molecule has 0 amide bonds. The second kappa shape index (κ2) is 7.96. The third-order valence-electron chi connectivity index (χ3n) is 5.22. The van der Waals surface area contributed by atoms with Crippen molar-refractivity contribution in [1.82, 2.24) is 10.2 Å². The van der Waals surface area contributed by atoms with Crippen molar-refractivity contribution in [3.05, 3.63) is 69.8 Å². The van der Waals surface area contributed by atoms with Gasteiger partial charge in [-0.3, -0.25) is 4.90 Å². The molecule has 1 heterocycles. The van der Waals surface area contributed by atoms with E-state index in [2.05, 4.69) is 67.4 Å². The molecule has 0 radical (unpaired) electrons. The highest BCUT2D eigenvalue weighted by Crippen LogP contribution is 2.16. The van der Waals surface area contributed by atoms with Gasteiger partial charge in [-0.2, -0.15) is 0 Å². The maximum Gasteiger partial charge on any atom is 0.0233 e. The minimum atomic E-state index is 0.927. The Morgan fingerprint density at radius 2 is 1.42 bits per heavy atom. The molecule has 0 unspecified atom stereocenters. The lowest BCUT2D eigenvalue weighted by Gasteiger charge is -2.15. The number of rotatable bonds is 6. The van der Waals surface area contributed by atoms with Crippen LogP contribution in [0.2, 0.25) is 0 Å². The van der Waals surface area contributed by atoms with E-state index in [0.717, 1.165) is 19.6 Å². The van der Waals surface area contributed by atoms with Gasteiger partial charge in [-0.1, -0.05) is 36.4 Å². The third-order valence-corrected chi connectivity index (χ3v) is 5.22. The fourth-order valence-corrected chi connectivity index (χ4v) is 3.51. The van der Waals surface area contributed by atoms with E-state index < -0.39 is 0 Å². The topological polar surface area (TPSA) is 15.3 Å². The molecule has 0 atom stereocenters. The number of nitrogens with one attached hydrogen (secondary N) is 1. The van der Waals surface area contributed by atoms with Crippen molar-refractivity contribution in [2.45, 2.75) is 53.2 Å². The maximum absolute atomic E-state index is 3.59. The lowest BCUT2D eigenvalue weighted by atomic mass is 10.0. The Labute approximate surface area is 146 Å². The van der Waals surface area contributed by atoms with Gasteiger partial charge >= 0.3 is 0 Å². The van der Waals surface area contributed by atoms with Crippen LogP contribution in [0.1, 0.15) is 46.2 Å². The van der Waals surface area contributed by atoms with Crippen molar-refractivity contribution in [2.24, 2.45) is 0 Å². The lowest BCUT2D eigenvalue weighted by molar-refractivity contribution is 0.331. The van der Waals surface area contributed by atoms with Crippen molar-refractivity contribution in [2.75, 3.05) is 13.1 Å². The van der Waals surface area contributed by atoms with Crippen molar-refractivity contribution in [1.29, 1.82) is 0 Å². The van der Waals surface area contributed by atoms with Crippen LogP contribution in [0.4, 0.5) is 0 Å². The van der Waals surface area contributed by atoms with E-state index in [1.54, 1.807) is 0 Å². The Bertz CT molecular complexity index is 667. The van der Waals surface area contributed by atoms with Gasteiger partial charge in [0, 0.05) is 19.6 Å². The van der Waals surface area contributed by atoms with Gasteiger partial charge in [-0.05, 0) is 80.1 Å². The molecule has 128 valence electrons. The van der Waals surface area contributed by atoms with Crippen LogP contribution in [0.15, 0.2) is 36.4 Å². The summed E-state index contributed by atoms with van der Waals surface area (Å²) in [6.45, 7) is 12.1. The fourth-order valence-electron chi connectivity index (χ4n) is 3.51. The summed E-state index contributed by atoms with van der Waals surface area (Å²) >= 11 is 0. The van der Waals surface area contributed by atoms with Crippen LogP contribution in [-0.2, 0) is 19.6 Å². The first-order chi connectivity index (χ1) is 11.6. The van der Waals surface area contributed by atoms with Gasteiger partial charge in [0.15, 0.2) is 0 Å². The zero-order chi connectivity index (χ0) is 16.9. The molecule has 2 aromatic carbocycles. The zero-order valence-electron chi connectivity index (χ0n) is 15.4. The first-order valence-electron chi connectivity index (χ1n) is 9.19. The van der Waals surface area contributed by atoms with Crippen LogP contribution in [0, 0.1) is 20.8 Å². The minimum absolute atomic E-state index is 0.927. The van der Waals surface area contributed by atoms with E-state index in [1.165, 1.54) is 59.3 Å². The van der Waals surface area contributed by atoms with E-state index in [0.29, 0.717) is 0 Å². The van der Waals surface area contributed by atoms with Gasteiger partial charge < -0.3 is 5.32 Å². The highest BCUT2D eigenvalue weighted by molar-refractivity contribution is 5.36. The summed E-state index contributed by atoms with van der Waals surface area (Å²) in [5, 5.41) is 3.59. The predicted octanol–water partition coefficient (Wildman–Crippen LogP) is 4.50. The van der Waals surface area contributed by atoms with Crippen LogP contribution in [0.3, 0.4) is 0 Å². The van der Waals surface area contributed by atoms with Gasteiger partial charge in [0.1, 0.15) is 0 Å². The standard InChI is InChI=1S/C22H30N2/c1-17-12-19(3)22(13-18(17)2)15-23-14-20-6-8-21(9-7-20)16-24-10-4-5-11-24/h6-9,12-13,23H,4-5,10-11,14-16H2,1-3H3. The molecular weight excluding hydrogens is 292 g/mol. The largest absolute Gasteiger partial charge is 0.309 e. The quantitative estimate of drug-likeness (QED) is 0.842. The first kappa shape index (κ1) is 17.2. The first-order valence-corrected chi connectivity index (χ1v) is 9.19. The summed E-state index contributed by atoms with van der Waals surface area (Å²) in [6.07, 6.45) is 2.72. The van der Waals surface area contributed by atoms with E-state index >= 15 is 0 Å². The molecule has 1 aliphatic rings.